The van der Waals surface area contributed by atoms with Gasteiger partial charge in [0.1, 0.15) is 0 Å². The molecule has 4 aliphatic rings. The van der Waals surface area contributed by atoms with Crippen molar-refractivity contribution in [2.24, 2.45) is 39.4 Å². The van der Waals surface area contributed by atoms with E-state index < -0.39 is 0 Å². The molecule has 0 aromatic rings. The Hall–Kier alpha value is -0.560. The normalized spacial score (nSPS) is 44.9. The van der Waals surface area contributed by atoms with Gasteiger partial charge < -0.3 is 5.11 Å². The first-order valence-corrected chi connectivity index (χ1v) is 13.4. The van der Waals surface area contributed by atoms with Crippen molar-refractivity contribution in [3.8, 4) is 0 Å². The van der Waals surface area contributed by atoms with Gasteiger partial charge in [-0.3, -0.25) is 0 Å². The van der Waals surface area contributed by atoms with Crippen LogP contribution in [-0.4, -0.2) is 11.2 Å². The van der Waals surface area contributed by atoms with Gasteiger partial charge in [-0.2, -0.15) is 0 Å². The maximum absolute atomic E-state index is 10.8. The number of allylic oxidation sites excluding steroid dienone is 4. The Labute approximate surface area is 193 Å². The summed E-state index contributed by atoms with van der Waals surface area (Å²) >= 11 is 0. The van der Waals surface area contributed by atoms with Gasteiger partial charge in [0.15, 0.2) is 0 Å². The molecule has 0 spiro atoms. The lowest BCUT2D eigenvalue weighted by atomic mass is 9.43. The van der Waals surface area contributed by atoms with Crippen LogP contribution >= 0.6 is 0 Å². The van der Waals surface area contributed by atoms with Crippen molar-refractivity contribution in [2.45, 2.75) is 126 Å². The van der Waals surface area contributed by atoms with Gasteiger partial charge in [0.25, 0.3) is 0 Å². The lowest BCUT2D eigenvalue weighted by Gasteiger charge is -2.62. The first kappa shape index (κ1) is 23.6. The average Bonchev–Trinajstić information content (AvgIpc) is 2.96. The Kier molecular flexibility index (Phi) is 5.90. The van der Waals surface area contributed by atoms with E-state index in [0.717, 1.165) is 18.3 Å². The summed E-state index contributed by atoms with van der Waals surface area (Å²) in [6.07, 6.45) is 15.2. The highest BCUT2D eigenvalue weighted by atomic mass is 16.3. The van der Waals surface area contributed by atoms with E-state index in [4.69, 9.17) is 0 Å². The maximum atomic E-state index is 10.8. The number of aliphatic hydroxyl groups excluding tert-OH is 1. The molecule has 0 radical (unpaired) electrons. The van der Waals surface area contributed by atoms with Crippen LogP contribution in [0.4, 0.5) is 0 Å². The first-order valence-electron chi connectivity index (χ1n) is 13.4. The topological polar surface area (TPSA) is 20.2 Å². The Balaban J connectivity index is 1.65. The van der Waals surface area contributed by atoms with Gasteiger partial charge in [0.05, 0.1) is 6.10 Å². The fourth-order valence-corrected chi connectivity index (χ4v) is 9.47. The molecule has 4 aliphatic carbocycles. The van der Waals surface area contributed by atoms with Gasteiger partial charge in [-0.1, -0.05) is 64.3 Å². The molecule has 0 amide bonds. The molecule has 0 heterocycles. The van der Waals surface area contributed by atoms with E-state index >= 15 is 0 Å². The van der Waals surface area contributed by atoms with Gasteiger partial charge in [0.2, 0.25) is 0 Å². The average molecular weight is 427 g/mol. The van der Waals surface area contributed by atoms with E-state index in [0.29, 0.717) is 22.2 Å². The van der Waals surface area contributed by atoms with E-state index in [1.807, 2.05) is 11.1 Å². The lowest BCUT2D eigenvalue weighted by molar-refractivity contribution is -0.0962. The molecule has 1 nitrogen and oxygen atoms in total. The molecule has 1 heteroatoms. The molecule has 0 unspecified atom stereocenters. The molecule has 7 atom stereocenters. The third kappa shape index (κ3) is 3.34. The summed E-state index contributed by atoms with van der Waals surface area (Å²) < 4.78 is 0. The Bertz CT molecular complexity index is 767. The molecule has 0 aromatic carbocycles. The highest BCUT2D eigenvalue weighted by Gasteiger charge is 2.63. The van der Waals surface area contributed by atoms with Gasteiger partial charge in [-0.25, -0.2) is 0 Å². The largest absolute Gasteiger partial charge is 0.393 e. The first-order chi connectivity index (χ1) is 14.4. The molecule has 0 bridgehead atoms. The smallest absolute Gasteiger partial charge is 0.0594 e. The summed E-state index contributed by atoms with van der Waals surface area (Å²) in [6.45, 7) is 19.6. The number of hydrogen-bond acceptors (Lipinski definition) is 1. The van der Waals surface area contributed by atoms with Crippen LogP contribution < -0.4 is 0 Å². The van der Waals surface area contributed by atoms with E-state index in [9.17, 15) is 5.11 Å². The van der Waals surface area contributed by atoms with E-state index in [-0.39, 0.29) is 11.5 Å². The van der Waals surface area contributed by atoms with Crippen molar-refractivity contribution >= 4 is 0 Å². The van der Waals surface area contributed by atoms with Crippen molar-refractivity contribution in [3.05, 3.63) is 22.8 Å². The summed E-state index contributed by atoms with van der Waals surface area (Å²) in [6, 6.07) is 0. The minimum atomic E-state index is -0.130. The fraction of sp³-hybridized carbons (Fsp3) is 0.867. The predicted octanol–water partition coefficient (Wildman–Crippen LogP) is 8.48. The Morgan fingerprint density at radius 1 is 0.968 bits per heavy atom. The van der Waals surface area contributed by atoms with Gasteiger partial charge >= 0.3 is 0 Å². The zero-order valence-electron chi connectivity index (χ0n) is 21.9. The third-order valence-electron chi connectivity index (χ3n) is 11.7. The molecule has 0 aromatic heterocycles. The molecule has 1 N–H and O–H groups in total. The standard InChI is InChI=1S/C30H50O/c1-20(2)10-9-11-21(3)22-14-18-30(8)24-12-13-25-27(4,5)26(31)16-17-28(25,6)23(24)15-19-29(22,30)7/h10,21-22,25-26,31H,9,11-19H2,1-8H3/t21-,22-,25-,26-,28-,29+,30+/m0/s1. The summed E-state index contributed by atoms with van der Waals surface area (Å²) in [7, 11) is 0. The zero-order chi connectivity index (χ0) is 22.8. The zero-order valence-corrected chi connectivity index (χ0v) is 21.9. The van der Waals surface area contributed by atoms with Crippen LogP contribution in [0.1, 0.15) is 120 Å². The van der Waals surface area contributed by atoms with Crippen molar-refractivity contribution in [1.29, 1.82) is 0 Å². The number of aliphatic hydroxyl groups is 1. The fourth-order valence-electron chi connectivity index (χ4n) is 9.47. The van der Waals surface area contributed by atoms with Crippen LogP contribution in [0, 0.1) is 39.4 Å². The van der Waals surface area contributed by atoms with Crippen LogP contribution in [0.3, 0.4) is 0 Å². The highest BCUT2D eigenvalue weighted by Crippen LogP contribution is 2.72. The summed E-state index contributed by atoms with van der Waals surface area (Å²) in [4.78, 5) is 0. The number of fused-ring (bicyclic) bond motifs is 4. The Morgan fingerprint density at radius 2 is 1.68 bits per heavy atom. The molecule has 176 valence electrons. The van der Waals surface area contributed by atoms with Gasteiger partial charge in [-0.15, -0.1) is 0 Å². The third-order valence-corrected chi connectivity index (χ3v) is 11.7. The number of rotatable bonds is 4. The molecule has 4 rings (SSSR count). The second-order valence-electron chi connectivity index (χ2n) is 13.6. The highest BCUT2D eigenvalue weighted by molar-refractivity contribution is 5.38. The minimum Gasteiger partial charge on any atom is -0.393 e. The van der Waals surface area contributed by atoms with Crippen molar-refractivity contribution < 1.29 is 5.11 Å². The second-order valence-corrected chi connectivity index (χ2v) is 13.6. The molecule has 2 saturated carbocycles. The molecule has 0 aliphatic heterocycles. The molecule has 2 fully saturated rings. The van der Waals surface area contributed by atoms with Gasteiger partial charge in [0, 0.05) is 0 Å². The predicted molar refractivity (Wildman–Crippen MR) is 133 cm³/mol. The van der Waals surface area contributed by atoms with Gasteiger partial charge in [-0.05, 0) is 117 Å². The SMILES string of the molecule is CC(C)=CCC[C@H](C)[C@@H]1CC[C@]2(C)C3=C(CC[C@]12C)[C@]1(C)CC[C@H](O)C(C)(C)[C@@H]1CC3. The van der Waals surface area contributed by atoms with Crippen LogP contribution in [-0.2, 0) is 0 Å². The summed E-state index contributed by atoms with van der Waals surface area (Å²) in [5, 5.41) is 10.8. The van der Waals surface area contributed by atoms with Crippen molar-refractivity contribution in [2.75, 3.05) is 0 Å². The second kappa shape index (κ2) is 7.75. The van der Waals surface area contributed by atoms with Crippen molar-refractivity contribution in [1.82, 2.24) is 0 Å². The Morgan fingerprint density at radius 3 is 2.35 bits per heavy atom. The molecular weight excluding hydrogens is 376 g/mol. The lowest BCUT2D eigenvalue weighted by Crippen LogP contribution is -2.55. The van der Waals surface area contributed by atoms with E-state index in [2.05, 4.69) is 61.5 Å². The monoisotopic (exact) mass is 426 g/mol. The summed E-state index contributed by atoms with van der Waals surface area (Å²) in [5.41, 5.74) is 6.41. The van der Waals surface area contributed by atoms with E-state index in [1.54, 1.807) is 0 Å². The van der Waals surface area contributed by atoms with Crippen molar-refractivity contribution in [3.63, 3.8) is 0 Å². The quantitative estimate of drug-likeness (QED) is 0.447. The molecule has 0 saturated heterocycles. The van der Waals surface area contributed by atoms with Crippen LogP contribution in [0.2, 0.25) is 0 Å². The van der Waals surface area contributed by atoms with Crippen LogP contribution in [0.15, 0.2) is 22.8 Å². The molecule has 31 heavy (non-hydrogen) atoms. The van der Waals surface area contributed by atoms with Crippen LogP contribution in [0.25, 0.3) is 0 Å². The number of hydrogen-bond donors (Lipinski definition) is 1. The van der Waals surface area contributed by atoms with Crippen LogP contribution in [0.5, 0.6) is 0 Å². The van der Waals surface area contributed by atoms with E-state index in [1.165, 1.54) is 63.4 Å². The minimum absolute atomic E-state index is 0.0465. The summed E-state index contributed by atoms with van der Waals surface area (Å²) in [5.74, 6) is 2.32. The maximum Gasteiger partial charge on any atom is 0.0594 e. The molecular formula is C30H50O.